The summed E-state index contributed by atoms with van der Waals surface area (Å²) < 4.78 is 0. The third kappa shape index (κ3) is 3.83. The molecule has 0 saturated heterocycles. The molecule has 1 rings (SSSR count). The van der Waals surface area contributed by atoms with Crippen molar-refractivity contribution < 1.29 is 4.79 Å². The van der Waals surface area contributed by atoms with Gasteiger partial charge in [-0.3, -0.25) is 4.79 Å². The van der Waals surface area contributed by atoms with Crippen LogP contribution >= 0.6 is 11.3 Å². The van der Waals surface area contributed by atoms with E-state index in [1.54, 1.807) is 11.3 Å². The SMILES string of the molecule is CCCC(=O)NN=C(CC)c1cccs1. The molecule has 0 spiro atoms. The van der Waals surface area contributed by atoms with Gasteiger partial charge in [0.1, 0.15) is 0 Å². The molecule has 1 heterocycles. The molecule has 0 aliphatic heterocycles. The van der Waals surface area contributed by atoms with E-state index in [4.69, 9.17) is 0 Å². The van der Waals surface area contributed by atoms with Gasteiger partial charge in [-0.25, -0.2) is 5.43 Å². The van der Waals surface area contributed by atoms with Gasteiger partial charge in [0, 0.05) is 6.42 Å². The van der Waals surface area contributed by atoms with Crippen LogP contribution < -0.4 is 5.43 Å². The van der Waals surface area contributed by atoms with Crippen molar-refractivity contribution in [2.45, 2.75) is 33.1 Å². The van der Waals surface area contributed by atoms with Crippen molar-refractivity contribution in [2.24, 2.45) is 5.10 Å². The van der Waals surface area contributed by atoms with Crippen molar-refractivity contribution >= 4 is 23.0 Å². The lowest BCUT2D eigenvalue weighted by molar-refractivity contribution is -0.121. The second-order valence-corrected chi connectivity index (χ2v) is 4.12. The molecule has 0 aliphatic carbocycles. The van der Waals surface area contributed by atoms with Gasteiger partial charge in [0.05, 0.1) is 10.6 Å². The molecule has 1 amide bonds. The number of amides is 1. The van der Waals surface area contributed by atoms with Crippen LogP contribution in [-0.4, -0.2) is 11.6 Å². The van der Waals surface area contributed by atoms with Crippen molar-refractivity contribution in [3.8, 4) is 0 Å². The van der Waals surface area contributed by atoms with Gasteiger partial charge < -0.3 is 0 Å². The van der Waals surface area contributed by atoms with Crippen LogP contribution in [0.1, 0.15) is 38.0 Å². The van der Waals surface area contributed by atoms with E-state index >= 15 is 0 Å². The number of nitrogens with one attached hydrogen (secondary N) is 1. The Hall–Kier alpha value is -1.16. The quantitative estimate of drug-likeness (QED) is 0.606. The number of thiophene rings is 1. The summed E-state index contributed by atoms with van der Waals surface area (Å²) in [5.74, 6) is -0.0139. The topological polar surface area (TPSA) is 41.5 Å². The van der Waals surface area contributed by atoms with E-state index in [1.807, 2.05) is 31.4 Å². The van der Waals surface area contributed by atoms with Crippen molar-refractivity contribution in [2.75, 3.05) is 0 Å². The number of hydrogen-bond acceptors (Lipinski definition) is 3. The highest BCUT2D eigenvalue weighted by molar-refractivity contribution is 7.12. The Morgan fingerprint density at radius 3 is 2.87 bits per heavy atom. The fraction of sp³-hybridized carbons (Fsp3) is 0.455. The molecule has 0 saturated carbocycles. The molecular formula is C11H16N2OS. The van der Waals surface area contributed by atoms with Crippen molar-refractivity contribution in [1.29, 1.82) is 0 Å². The Morgan fingerprint density at radius 1 is 1.53 bits per heavy atom. The van der Waals surface area contributed by atoms with E-state index in [0.29, 0.717) is 6.42 Å². The van der Waals surface area contributed by atoms with E-state index < -0.39 is 0 Å². The van der Waals surface area contributed by atoms with Crippen LogP contribution in [0.5, 0.6) is 0 Å². The molecule has 1 aromatic heterocycles. The second-order valence-electron chi connectivity index (χ2n) is 3.17. The predicted molar refractivity (Wildman–Crippen MR) is 64.2 cm³/mol. The zero-order valence-electron chi connectivity index (χ0n) is 9.12. The largest absolute Gasteiger partial charge is 0.273 e. The fourth-order valence-electron chi connectivity index (χ4n) is 1.16. The van der Waals surface area contributed by atoms with Crippen molar-refractivity contribution in [1.82, 2.24) is 5.43 Å². The standard InChI is InChI=1S/C11H16N2OS/c1-3-6-11(14)13-12-9(4-2)10-7-5-8-15-10/h5,7-8H,3-4,6H2,1-2H3,(H,13,14). The molecule has 0 aliphatic rings. The molecule has 0 radical (unpaired) electrons. The Morgan fingerprint density at radius 2 is 2.33 bits per heavy atom. The minimum Gasteiger partial charge on any atom is -0.273 e. The summed E-state index contributed by atoms with van der Waals surface area (Å²) in [5, 5.41) is 6.14. The zero-order chi connectivity index (χ0) is 11.1. The van der Waals surface area contributed by atoms with Crippen molar-refractivity contribution in [3.63, 3.8) is 0 Å². The summed E-state index contributed by atoms with van der Waals surface area (Å²) in [7, 11) is 0. The van der Waals surface area contributed by atoms with Crippen LogP contribution in [0.25, 0.3) is 0 Å². The average molecular weight is 224 g/mol. The number of nitrogens with zero attached hydrogens (tertiary/aromatic N) is 1. The summed E-state index contributed by atoms with van der Waals surface area (Å²) in [5.41, 5.74) is 3.52. The van der Waals surface area contributed by atoms with Gasteiger partial charge in [-0.05, 0) is 24.3 Å². The minimum atomic E-state index is -0.0139. The van der Waals surface area contributed by atoms with Crippen LogP contribution in [0.15, 0.2) is 22.6 Å². The normalized spacial score (nSPS) is 11.5. The van der Waals surface area contributed by atoms with Gasteiger partial charge in [-0.1, -0.05) is 19.9 Å². The van der Waals surface area contributed by atoms with E-state index in [2.05, 4.69) is 10.5 Å². The van der Waals surface area contributed by atoms with Crippen LogP contribution in [0.2, 0.25) is 0 Å². The molecule has 0 bridgehead atoms. The first-order valence-electron chi connectivity index (χ1n) is 5.17. The molecular weight excluding hydrogens is 208 g/mol. The van der Waals surface area contributed by atoms with Gasteiger partial charge in [0.15, 0.2) is 0 Å². The number of hydrazone groups is 1. The second kappa shape index (κ2) is 6.35. The molecule has 4 heteroatoms. The van der Waals surface area contributed by atoms with Gasteiger partial charge in [-0.15, -0.1) is 11.3 Å². The van der Waals surface area contributed by atoms with Crippen LogP contribution in [0, 0.1) is 0 Å². The summed E-state index contributed by atoms with van der Waals surface area (Å²) >= 11 is 1.64. The van der Waals surface area contributed by atoms with Gasteiger partial charge in [-0.2, -0.15) is 5.10 Å². The first kappa shape index (κ1) is 11.9. The summed E-state index contributed by atoms with van der Waals surface area (Å²) in [6.07, 6.45) is 2.21. The molecule has 0 fully saturated rings. The molecule has 3 nitrogen and oxygen atoms in total. The minimum absolute atomic E-state index is 0.0139. The van der Waals surface area contributed by atoms with E-state index in [0.717, 1.165) is 23.4 Å². The van der Waals surface area contributed by atoms with E-state index in [9.17, 15) is 4.79 Å². The van der Waals surface area contributed by atoms with Crippen LogP contribution in [-0.2, 0) is 4.79 Å². The molecule has 0 aromatic carbocycles. The smallest absolute Gasteiger partial charge is 0.240 e. The summed E-state index contributed by atoms with van der Waals surface area (Å²) in [6, 6.07) is 4.00. The highest BCUT2D eigenvalue weighted by Gasteiger charge is 2.03. The van der Waals surface area contributed by atoms with Crippen LogP contribution in [0.4, 0.5) is 0 Å². The molecule has 82 valence electrons. The Balaban J connectivity index is 2.59. The molecule has 1 N–H and O–H groups in total. The Labute approximate surface area is 94.2 Å². The monoisotopic (exact) mass is 224 g/mol. The lowest BCUT2D eigenvalue weighted by Gasteiger charge is -2.01. The number of carbonyl (C=O) groups excluding carboxylic acids is 1. The maximum absolute atomic E-state index is 11.2. The highest BCUT2D eigenvalue weighted by atomic mass is 32.1. The number of hydrogen-bond donors (Lipinski definition) is 1. The maximum Gasteiger partial charge on any atom is 0.240 e. The Bertz CT molecular complexity index is 330. The fourth-order valence-corrected chi connectivity index (χ4v) is 1.95. The van der Waals surface area contributed by atoms with E-state index in [1.165, 1.54) is 0 Å². The molecule has 0 unspecified atom stereocenters. The number of carbonyl (C=O) groups is 1. The van der Waals surface area contributed by atoms with Crippen molar-refractivity contribution in [3.05, 3.63) is 22.4 Å². The number of rotatable bonds is 5. The van der Waals surface area contributed by atoms with Gasteiger partial charge in [0.25, 0.3) is 0 Å². The third-order valence-corrected chi connectivity index (χ3v) is 2.85. The van der Waals surface area contributed by atoms with Gasteiger partial charge >= 0.3 is 0 Å². The Kier molecular flexibility index (Phi) is 5.04. The summed E-state index contributed by atoms with van der Waals surface area (Å²) in [6.45, 7) is 4.01. The first-order chi connectivity index (χ1) is 7.27. The predicted octanol–water partition coefficient (Wildman–Crippen LogP) is 2.78. The lowest BCUT2D eigenvalue weighted by Crippen LogP contribution is -2.18. The summed E-state index contributed by atoms with van der Waals surface area (Å²) in [4.78, 5) is 12.3. The zero-order valence-corrected chi connectivity index (χ0v) is 9.93. The molecule has 15 heavy (non-hydrogen) atoms. The molecule has 0 atom stereocenters. The van der Waals surface area contributed by atoms with Gasteiger partial charge in [0.2, 0.25) is 5.91 Å². The third-order valence-electron chi connectivity index (χ3n) is 1.93. The van der Waals surface area contributed by atoms with Crippen LogP contribution in [0.3, 0.4) is 0 Å². The first-order valence-corrected chi connectivity index (χ1v) is 6.05. The lowest BCUT2D eigenvalue weighted by atomic mass is 10.2. The molecule has 1 aromatic rings. The average Bonchev–Trinajstić information content (AvgIpc) is 2.72. The maximum atomic E-state index is 11.2. The van der Waals surface area contributed by atoms with E-state index in [-0.39, 0.29) is 5.91 Å². The highest BCUT2D eigenvalue weighted by Crippen LogP contribution is 2.11.